The van der Waals surface area contributed by atoms with Crippen LogP contribution in [-0.2, 0) is 11.3 Å². The number of amides is 1. The minimum atomic E-state index is -0.572. The fraction of sp³-hybridized carbons (Fsp3) is 0.440. The van der Waals surface area contributed by atoms with Crippen LogP contribution < -0.4 is 15.9 Å². The van der Waals surface area contributed by atoms with Crippen LogP contribution in [0.4, 0.5) is 10.1 Å². The summed E-state index contributed by atoms with van der Waals surface area (Å²) in [5, 5.41) is 2.98. The Bertz CT molecular complexity index is 1240. The summed E-state index contributed by atoms with van der Waals surface area (Å²) in [6.45, 7) is 7.72. The second-order valence-corrected chi connectivity index (χ2v) is 9.33. The molecule has 2 fully saturated rings. The quantitative estimate of drug-likeness (QED) is 0.626. The van der Waals surface area contributed by atoms with Gasteiger partial charge in [0.15, 0.2) is 0 Å². The summed E-state index contributed by atoms with van der Waals surface area (Å²) in [5.74, 6) is -0.219. The van der Waals surface area contributed by atoms with E-state index in [2.05, 4.69) is 40.0 Å². The number of aryl methyl sites for hydroxylation is 3. The van der Waals surface area contributed by atoms with Crippen molar-refractivity contribution in [2.75, 3.05) is 31.2 Å². The zero-order valence-corrected chi connectivity index (χ0v) is 19.2. The van der Waals surface area contributed by atoms with Gasteiger partial charge in [-0.2, -0.15) is 0 Å². The second kappa shape index (κ2) is 8.33. The van der Waals surface area contributed by atoms with Gasteiger partial charge >= 0.3 is 5.69 Å². The van der Waals surface area contributed by atoms with Crippen LogP contribution in [0, 0.1) is 19.7 Å². The number of aromatic amines is 1. The van der Waals surface area contributed by atoms with Gasteiger partial charge in [0.1, 0.15) is 11.4 Å². The Morgan fingerprint density at radius 3 is 2.42 bits per heavy atom. The maximum atomic E-state index is 13.4. The molecular formula is C25H30FN5O2. The number of nitrogens with one attached hydrogen (secondary N) is 2. The van der Waals surface area contributed by atoms with Crippen LogP contribution in [0.1, 0.15) is 30.4 Å². The highest BCUT2D eigenvalue weighted by Gasteiger charge is 2.50. The van der Waals surface area contributed by atoms with Gasteiger partial charge in [0.2, 0.25) is 5.91 Å². The summed E-state index contributed by atoms with van der Waals surface area (Å²) in [4.78, 5) is 32.7. The Labute approximate surface area is 192 Å². The fourth-order valence-corrected chi connectivity index (χ4v) is 5.28. The number of rotatable bonds is 5. The van der Waals surface area contributed by atoms with Gasteiger partial charge < -0.3 is 20.1 Å². The molecule has 0 saturated carbocycles. The SMILES string of the molecule is Cc1cc2[nH]c(=O)n(CCCN3CCC4(CC3)C(=O)NCN4c3ccc(F)cc3)c2cc1C. The van der Waals surface area contributed by atoms with Gasteiger partial charge in [0, 0.05) is 25.3 Å². The summed E-state index contributed by atoms with van der Waals surface area (Å²) >= 11 is 0. The molecular weight excluding hydrogens is 421 g/mol. The molecule has 0 bridgehead atoms. The van der Waals surface area contributed by atoms with Crippen molar-refractivity contribution in [3.05, 3.63) is 63.8 Å². The molecule has 0 aliphatic carbocycles. The molecule has 1 aromatic heterocycles. The zero-order chi connectivity index (χ0) is 23.2. The number of carbonyl (C=O) groups is 1. The minimum Gasteiger partial charge on any atom is -0.339 e. The third kappa shape index (κ3) is 3.82. The first-order chi connectivity index (χ1) is 15.9. The van der Waals surface area contributed by atoms with Crippen molar-refractivity contribution < 1.29 is 9.18 Å². The maximum Gasteiger partial charge on any atom is 0.326 e. The number of benzene rings is 2. The number of carbonyl (C=O) groups excluding carboxylic acids is 1. The number of likely N-dealkylation sites (tertiary alicyclic amines) is 1. The highest BCUT2D eigenvalue weighted by atomic mass is 19.1. The second-order valence-electron chi connectivity index (χ2n) is 9.33. The number of imidazole rings is 1. The molecule has 2 aliphatic rings. The van der Waals surface area contributed by atoms with Gasteiger partial charge in [-0.1, -0.05) is 0 Å². The molecule has 8 heteroatoms. The molecule has 1 amide bonds. The molecule has 3 aromatic rings. The number of anilines is 1. The predicted molar refractivity (Wildman–Crippen MR) is 127 cm³/mol. The Morgan fingerprint density at radius 1 is 1.00 bits per heavy atom. The third-order valence-corrected chi connectivity index (χ3v) is 7.40. The average molecular weight is 452 g/mol. The molecule has 2 N–H and O–H groups in total. The molecule has 7 nitrogen and oxygen atoms in total. The van der Waals surface area contributed by atoms with Crippen molar-refractivity contribution in [1.82, 2.24) is 19.8 Å². The summed E-state index contributed by atoms with van der Waals surface area (Å²) in [5.41, 5.74) is 4.42. The monoisotopic (exact) mass is 451 g/mol. The lowest BCUT2D eigenvalue weighted by Gasteiger charge is -2.43. The Balaban J connectivity index is 1.22. The molecule has 2 aliphatic heterocycles. The van der Waals surface area contributed by atoms with Gasteiger partial charge in [0.25, 0.3) is 0 Å². The van der Waals surface area contributed by atoms with Crippen molar-refractivity contribution in [2.45, 2.75) is 45.2 Å². The van der Waals surface area contributed by atoms with Crippen molar-refractivity contribution in [1.29, 1.82) is 0 Å². The smallest absolute Gasteiger partial charge is 0.326 e. The van der Waals surface area contributed by atoms with Crippen LogP contribution >= 0.6 is 0 Å². The van der Waals surface area contributed by atoms with E-state index in [4.69, 9.17) is 0 Å². The van der Waals surface area contributed by atoms with E-state index in [1.54, 1.807) is 12.1 Å². The normalized spacial score (nSPS) is 18.4. The Morgan fingerprint density at radius 2 is 1.70 bits per heavy atom. The number of nitrogens with zero attached hydrogens (tertiary/aromatic N) is 3. The summed E-state index contributed by atoms with van der Waals surface area (Å²) in [6.07, 6.45) is 2.31. The number of piperidine rings is 1. The highest BCUT2D eigenvalue weighted by molar-refractivity contribution is 5.93. The van der Waals surface area contributed by atoms with Crippen LogP contribution in [0.2, 0.25) is 0 Å². The van der Waals surface area contributed by atoms with Gasteiger partial charge in [-0.25, -0.2) is 9.18 Å². The van der Waals surface area contributed by atoms with E-state index in [9.17, 15) is 14.0 Å². The van der Waals surface area contributed by atoms with Gasteiger partial charge in [-0.3, -0.25) is 9.36 Å². The molecule has 1 spiro atoms. The van der Waals surface area contributed by atoms with Crippen LogP contribution in [0.25, 0.3) is 11.0 Å². The molecule has 0 radical (unpaired) electrons. The van der Waals surface area contributed by atoms with Crippen LogP contribution in [0.3, 0.4) is 0 Å². The van der Waals surface area contributed by atoms with Crippen molar-refractivity contribution in [2.24, 2.45) is 0 Å². The molecule has 174 valence electrons. The summed E-state index contributed by atoms with van der Waals surface area (Å²) < 4.78 is 15.2. The van der Waals surface area contributed by atoms with E-state index < -0.39 is 5.54 Å². The standard InChI is InChI=1S/C25H30FN5O2/c1-17-14-21-22(15-18(17)2)30(24(33)28-21)11-3-10-29-12-8-25(9-13-29)23(32)27-16-31(25)20-6-4-19(26)5-7-20/h4-7,14-15H,3,8-13,16H2,1-2H3,(H,27,32)(H,28,33). The maximum absolute atomic E-state index is 13.4. The summed E-state index contributed by atoms with van der Waals surface area (Å²) in [7, 11) is 0. The topological polar surface area (TPSA) is 73.4 Å². The average Bonchev–Trinajstić information content (AvgIpc) is 3.27. The zero-order valence-electron chi connectivity index (χ0n) is 19.2. The van der Waals surface area contributed by atoms with E-state index in [0.29, 0.717) is 13.2 Å². The van der Waals surface area contributed by atoms with Crippen LogP contribution in [0.5, 0.6) is 0 Å². The van der Waals surface area contributed by atoms with Crippen molar-refractivity contribution >= 4 is 22.6 Å². The number of aromatic nitrogens is 2. The Kier molecular flexibility index (Phi) is 5.48. The van der Waals surface area contributed by atoms with E-state index in [-0.39, 0.29) is 17.4 Å². The molecule has 2 aromatic carbocycles. The van der Waals surface area contributed by atoms with Crippen molar-refractivity contribution in [3.8, 4) is 0 Å². The molecule has 0 unspecified atom stereocenters. The molecule has 33 heavy (non-hydrogen) atoms. The first-order valence-electron chi connectivity index (χ1n) is 11.6. The predicted octanol–water partition coefficient (Wildman–Crippen LogP) is 2.90. The van der Waals surface area contributed by atoms with Gasteiger partial charge in [-0.05, 0) is 87.2 Å². The first kappa shape index (κ1) is 21.7. The van der Waals surface area contributed by atoms with E-state index >= 15 is 0 Å². The number of fused-ring (bicyclic) bond motifs is 1. The van der Waals surface area contributed by atoms with E-state index in [0.717, 1.165) is 55.6 Å². The highest BCUT2D eigenvalue weighted by Crippen LogP contribution is 2.36. The number of halogens is 1. The first-order valence-corrected chi connectivity index (χ1v) is 11.6. The molecule has 2 saturated heterocycles. The van der Waals surface area contributed by atoms with E-state index in [1.807, 2.05) is 10.6 Å². The Hall–Kier alpha value is -3.13. The lowest BCUT2D eigenvalue weighted by Crippen LogP contribution is -2.56. The van der Waals surface area contributed by atoms with E-state index in [1.165, 1.54) is 23.3 Å². The fourth-order valence-electron chi connectivity index (χ4n) is 5.28. The lowest BCUT2D eigenvalue weighted by molar-refractivity contribution is -0.125. The minimum absolute atomic E-state index is 0.0579. The number of hydrogen-bond donors (Lipinski definition) is 2. The molecule has 5 rings (SSSR count). The number of H-pyrrole nitrogens is 1. The van der Waals surface area contributed by atoms with Crippen LogP contribution in [-0.4, -0.2) is 52.2 Å². The largest absolute Gasteiger partial charge is 0.339 e. The van der Waals surface area contributed by atoms with Crippen LogP contribution in [0.15, 0.2) is 41.2 Å². The third-order valence-electron chi connectivity index (χ3n) is 7.40. The number of hydrogen-bond acceptors (Lipinski definition) is 4. The lowest BCUT2D eigenvalue weighted by atomic mass is 9.85. The molecule has 3 heterocycles. The van der Waals surface area contributed by atoms with Crippen molar-refractivity contribution in [3.63, 3.8) is 0 Å². The van der Waals surface area contributed by atoms with Gasteiger partial charge in [0.05, 0.1) is 17.7 Å². The molecule has 0 atom stereocenters. The summed E-state index contributed by atoms with van der Waals surface area (Å²) in [6, 6.07) is 10.5. The van der Waals surface area contributed by atoms with Gasteiger partial charge in [-0.15, -0.1) is 0 Å².